The number of carbonyl (C=O) groups excluding carboxylic acids is 2. The van der Waals surface area contributed by atoms with Crippen molar-refractivity contribution in [3.63, 3.8) is 0 Å². The zero-order valence-corrected chi connectivity index (χ0v) is 18.1. The zero-order valence-electron chi connectivity index (χ0n) is 18.1. The van der Waals surface area contributed by atoms with Gasteiger partial charge in [-0.15, -0.1) is 0 Å². The molecule has 2 N–H and O–H groups in total. The molecule has 3 rings (SSSR count). The van der Waals surface area contributed by atoms with Crippen molar-refractivity contribution in [2.45, 2.75) is 20.8 Å². The number of benzene rings is 2. The Morgan fingerprint density at radius 3 is 2.29 bits per heavy atom. The van der Waals surface area contributed by atoms with Gasteiger partial charge in [-0.2, -0.15) is 5.10 Å². The third kappa shape index (κ3) is 5.76. The summed E-state index contributed by atoms with van der Waals surface area (Å²) < 4.78 is 15.0. The number of nitrogens with one attached hydrogen (secondary N) is 2. The molecule has 0 unspecified atom stereocenters. The predicted molar refractivity (Wildman–Crippen MR) is 119 cm³/mol. The third-order valence-corrected chi connectivity index (χ3v) is 4.77. The van der Waals surface area contributed by atoms with E-state index < -0.39 is 5.82 Å². The Bertz CT molecular complexity index is 1090. The van der Waals surface area contributed by atoms with Crippen LogP contribution in [0.4, 0.5) is 15.8 Å². The monoisotopic (exact) mass is 423 g/mol. The molecule has 1 heterocycles. The van der Waals surface area contributed by atoms with E-state index in [-0.39, 0.29) is 24.9 Å². The van der Waals surface area contributed by atoms with Gasteiger partial charge >= 0.3 is 0 Å². The van der Waals surface area contributed by atoms with Gasteiger partial charge in [0.2, 0.25) is 11.8 Å². The molecule has 0 radical (unpaired) electrons. The molecule has 0 saturated heterocycles. The van der Waals surface area contributed by atoms with Crippen molar-refractivity contribution >= 4 is 23.2 Å². The smallest absolute Gasteiger partial charge is 0.238 e. The number of carbonyl (C=O) groups is 2. The number of hydrogen-bond acceptors (Lipinski definition) is 4. The SMILES string of the molecule is Cc1ccc(-n2nc(C)c(NC(=O)CN(C)CC(=O)Nc3cccc(F)c3)c2C)cc1. The van der Waals surface area contributed by atoms with Crippen LogP contribution in [0.2, 0.25) is 0 Å². The first kappa shape index (κ1) is 22.2. The quantitative estimate of drug-likeness (QED) is 0.610. The number of hydrogen-bond donors (Lipinski definition) is 2. The van der Waals surface area contributed by atoms with Crippen LogP contribution in [0.15, 0.2) is 48.5 Å². The second kappa shape index (κ2) is 9.53. The summed E-state index contributed by atoms with van der Waals surface area (Å²) >= 11 is 0. The summed E-state index contributed by atoms with van der Waals surface area (Å²) in [4.78, 5) is 26.3. The van der Waals surface area contributed by atoms with E-state index in [1.807, 2.05) is 45.0 Å². The number of rotatable bonds is 7. The first-order valence-electron chi connectivity index (χ1n) is 9.90. The molecule has 3 aromatic rings. The second-order valence-corrected chi connectivity index (χ2v) is 7.57. The number of nitrogens with zero attached hydrogens (tertiary/aromatic N) is 3. The number of aryl methyl sites for hydroxylation is 2. The lowest BCUT2D eigenvalue weighted by Crippen LogP contribution is -2.36. The van der Waals surface area contributed by atoms with Crippen molar-refractivity contribution in [2.75, 3.05) is 30.8 Å². The molecule has 0 bridgehead atoms. The summed E-state index contributed by atoms with van der Waals surface area (Å²) in [5.41, 5.74) is 4.63. The van der Waals surface area contributed by atoms with E-state index in [4.69, 9.17) is 0 Å². The zero-order chi connectivity index (χ0) is 22.5. The summed E-state index contributed by atoms with van der Waals surface area (Å²) in [7, 11) is 1.67. The maximum Gasteiger partial charge on any atom is 0.238 e. The number of likely N-dealkylation sites (N-methyl/N-ethyl adjacent to an activating group) is 1. The van der Waals surface area contributed by atoms with Crippen LogP contribution in [-0.2, 0) is 9.59 Å². The van der Waals surface area contributed by atoms with Crippen LogP contribution in [-0.4, -0.2) is 46.6 Å². The Hall–Kier alpha value is -3.52. The van der Waals surface area contributed by atoms with Gasteiger partial charge in [0.25, 0.3) is 0 Å². The molecule has 2 aromatic carbocycles. The van der Waals surface area contributed by atoms with Crippen LogP contribution in [0.25, 0.3) is 5.69 Å². The van der Waals surface area contributed by atoms with E-state index in [1.54, 1.807) is 22.7 Å². The van der Waals surface area contributed by atoms with Gasteiger partial charge in [0.05, 0.1) is 35.9 Å². The standard InChI is InChI=1S/C23H26FN5O2/c1-15-8-10-20(11-9-15)29-17(3)23(16(2)27-29)26-22(31)14-28(4)13-21(30)25-19-7-5-6-18(24)12-19/h5-12H,13-14H2,1-4H3,(H,25,30)(H,26,31). The Morgan fingerprint density at radius 2 is 1.65 bits per heavy atom. The summed E-state index contributed by atoms with van der Waals surface area (Å²) in [5.74, 6) is -1.02. The van der Waals surface area contributed by atoms with E-state index in [1.165, 1.54) is 18.2 Å². The fourth-order valence-electron chi connectivity index (χ4n) is 3.25. The largest absolute Gasteiger partial charge is 0.325 e. The molecular weight excluding hydrogens is 397 g/mol. The van der Waals surface area contributed by atoms with Crippen LogP contribution >= 0.6 is 0 Å². The number of anilines is 2. The van der Waals surface area contributed by atoms with E-state index >= 15 is 0 Å². The lowest BCUT2D eigenvalue weighted by atomic mass is 10.2. The normalized spacial score (nSPS) is 10.9. The molecule has 162 valence electrons. The Labute approximate surface area is 180 Å². The minimum atomic E-state index is -0.428. The summed E-state index contributed by atoms with van der Waals surface area (Å²) in [6, 6.07) is 13.6. The number of aromatic nitrogens is 2. The topological polar surface area (TPSA) is 79.3 Å². The van der Waals surface area contributed by atoms with Crippen molar-refractivity contribution in [3.8, 4) is 5.69 Å². The first-order chi connectivity index (χ1) is 14.7. The highest BCUT2D eigenvalue weighted by Gasteiger charge is 2.17. The molecule has 2 amide bonds. The number of halogens is 1. The minimum Gasteiger partial charge on any atom is -0.325 e. The van der Waals surface area contributed by atoms with Gasteiger partial charge in [-0.05, 0) is 58.2 Å². The van der Waals surface area contributed by atoms with Crippen LogP contribution in [0.3, 0.4) is 0 Å². The maximum atomic E-state index is 13.2. The van der Waals surface area contributed by atoms with Gasteiger partial charge < -0.3 is 10.6 Å². The Balaban J connectivity index is 1.59. The Kier molecular flexibility index (Phi) is 6.81. The molecule has 1 aromatic heterocycles. The van der Waals surface area contributed by atoms with Crippen LogP contribution in [0, 0.1) is 26.6 Å². The molecule has 0 saturated carbocycles. The summed E-state index contributed by atoms with van der Waals surface area (Å²) in [6.45, 7) is 5.76. The summed E-state index contributed by atoms with van der Waals surface area (Å²) in [6.07, 6.45) is 0. The van der Waals surface area contributed by atoms with Crippen molar-refractivity contribution < 1.29 is 14.0 Å². The fraction of sp³-hybridized carbons (Fsp3) is 0.261. The van der Waals surface area contributed by atoms with E-state index in [0.717, 1.165) is 16.9 Å². The van der Waals surface area contributed by atoms with Crippen molar-refractivity contribution in [1.82, 2.24) is 14.7 Å². The fourth-order valence-corrected chi connectivity index (χ4v) is 3.25. The van der Waals surface area contributed by atoms with E-state index in [2.05, 4.69) is 15.7 Å². The van der Waals surface area contributed by atoms with Crippen molar-refractivity contribution in [1.29, 1.82) is 0 Å². The Morgan fingerprint density at radius 1 is 1.00 bits per heavy atom. The van der Waals surface area contributed by atoms with Crippen molar-refractivity contribution in [3.05, 3.63) is 71.3 Å². The van der Waals surface area contributed by atoms with Crippen LogP contribution in [0.1, 0.15) is 17.0 Å². The molecule has 7 nitrogen and oxygen atoms in total. The molecule has 0 spiro atoms. The highest BCUT2D eigenvalue weighted by atomic mass is 19.1. The minimum absolute atomic E-state index is 0.00940. The number of amides is 2. The van der Waals surface area contributed by atoms with Gasteiger partial charge in [0, 0.05) is 5.69 Å². The second-order valence-electron chi connectivity index (χ2n) is 7.57. The van der Waals surface area contributed by atoms with Gasteiger partial charge in [-0.1, -0.05) is 23.8 Å². The first-order valence-corrected chi connectivity index (χ1v) is 9.90. The molecule has 0 atom stereocenters. The van der Waals surface area contributed by atoms with Gasteiger partial charge in [0.15, 0.2) is 0 Å². The molecule has 0 aliphatic carbocycles. The van der Waals surface area contributed by atoms with Gasteiger partial charge in [-0.25, -0.2) is 9.07 Å². The third-order valence-electron chi connectivity index (χ3n) is 4.77. The lowest BCUT2D eigenvalue weighted by molar-refractivity contribution is -0.119. The van der Waals surface area contributed by atoms with Crippen molar-refractivity contribution in [2.24, 2.45) is 0 Å². The van der Waals surface area contributed by atoms with E-state index in [9.17, 15) is 14.0 Å². The highest BCUT2D eigenvalue weighted by molar-refractivity contribution is 5.95. The van der Waals surface area contributed by atoms with Gasteiger partial charge in [-0.3, -0.25) is 14.5 Å². The predicted octanol–water partition coefficient (Wildman–Crippen LogP) is 3.45. The molecule has 0 aliphatic heterocycles. The molecule has 0 fully saturated rings. The molecule has 8 heteroatoms. The summed E-state index contributed by atoms with van der Waals surface area (Å²) in [5, 5.41) is 10.0. The van der Waals surface area contributed by atoms with Gasteiger partial charge in [0.1, 0.15) is 5.82 Å². The van der Waals surface area contributed by atoms with Crippen LogP contribution < -0.4 is 10.6 Å². The van der Waals surface area contributed by atoms with Crippen LogP contribution in [0.5, 0.6) is 0 Å². The highest BCUT2D eigenvalue weighted by Crippen LogP contribution is 2.23. The average molecular weight is 423 g/mol. The molecular formula is C23H26FN5O2. The maximum absolute atomic E-state index is 13.2. The average Bonchev–Trinajstić information content (AvgIpc) is 2.96. The molecule has 31 heavy (non-hydrogen) atoms. The molecule has 0 aliphatic rings. The van der Waals surface area contributed by atoms with E-state index in [0.29, 0.717) is 17.1 Å². The lowest BCUT2D eigenvalue weighted by Gasteiger charge is -2.16.